The first-order valence-electron chi connectivity index (χ1n) is 3.47. The lowest BCUT2D eigenvalue weighted by Gasteiger charge is -1.90. The Bertz CT molecular complexity index is 122. The van der Waals surface area contributed by atoms with Gasteiger partial charge in [0.25, 0.3) is 0 Å². The molecule has 0 aliphatic rings. The lowest BCUT2D eigenvalue weighted by Crippen LogP contribution is -2.16. The topological polar surface area (TPSA) is 87.7 Å². The Kier molecular flexibility index (Phi) is 23.1. The van der Waals surface area contributed by atoms with Crippen molar-refractivity contribution in [2.24, 2.45) is 0 Å². The molecule has 13 heavy (non-hydrogen) atoms. The summed E-state index contributed by atoms with van der Waals surface area (Å²) in [5.74, 6) is 0.00463. The van der Waals surface area contributed by atoms with Crippen LogP contribution in [0.5, 0.6) is 0 Å². The van der Waals surface area contributed by atoms with Gasteiger partial charge < -0.3 is 20.5 Å². The summed E-state index contributed by atoms with van der Waals surface area (Å²) in [6, 6.07) is 0. The van der Waals surface area contributed by atoms with Gasteiger partial charge in [-0.1, -0.05) is 0 Å². The van der Waals surface area contributed by atoms with E-state index in [0.29, 0.717) is 0 Å². The normalized spacial score (nSPS) is 6.31. The Hall–Kier alpha value is -1.30. The first-order valence-corrected chi connectivity index (χ1v) is 3.47. The van der Waals surface area contributed by atoms with Crippen molar-refractivity contribution in [3.8, 4) is 0 Å². The van der Waals surface area contributed by atoms with Gasteiger partial charge in [-0.2, -0.15) is 0 Å². The second-order valence-electron chi connectivity index (χ2n) is 1.55. The Morgan fingerprint density at radius 2 is 1.46 bits per heavy atom. The molecular weight excluding hydrogens is 176 g/mol. The van der Waals surface area contributed by atoms with E-state index in [1.807, 2.05) is 0 Å². The lowest BCUT2D eigenvalue weighted by molar-refractivity contribution is -0.118. The van der Waals surface area contributed by atoms with Gasteiger partial charge in [-0.15, -0.1) is 0 Å². The first-order chi connectivity index (χ1) is 6.08. The van der Waals surface area contributed by atoms with Gasteiger partial charge in [0.2, 0.25) is 5.91 Å². The number of hydrogen-bond acceptors (Lipinski definition) is 4. The average molecular weight is 194 g/mol. The molecule has 0 unspecified atom stereocenters. The highest BCUT2D eigenvalue weighted by atomic mass is 16.5. The monoisotopic (exact) mass is 194 g/mol. The first kappa shape index (κ1) is 17.7. The van der Waals surface area contributed by atoms with Crippen LogP contribution in [0.3, 0.4) is 0 Å². The number of carbonyl (C=O) groups is 2. The maximum atomic E-state index is 9.85. The van der Waals surface area contributed by atoms with Crippen LogP contribution in [-0.2, 0) is 9.53 Å². The fraction of sp³-hybridized carbons (Fsp3) is 0.714. The minimum atomic E-state index is -0.407. The number of carbonyl (C=O) groups excluding carboxylic acids is 2. The van der Waals surface area contributed by atoms with Gasteiger partial charge in [0.1, 0.15) is 0 Å². The van der Waals surface area contributed by atoms with Crippen molar-refractivity contribution in [1.29, 1.82) is 0 Å². The Morgan fingerprint density at radius 1 is 1.15 bits per heavy atom. The van der Waals surface area contributed by atoms with Crippen molar-refractivity contribution in [2.45, 2.75) is 6.92 Å². The van der Waals surface area contributed by atoms with Gasteiger partial charge in [-0.25, -0.2) is 4.79 Å². The van der Waals surface area contributed by atoms with E-state index in [1.54, 1.807) is 7.05 Å². The highest BCUT2D eigenvalue weighted by Gasteiger charge is 1.85. The molecule has 0 rings (SSSR count). The second kappa shape index (κ2) is 17.0. The van der Waals surface area contributed by atoms with Crippen LogP contribution < -0.4 is 10.6 Å². The molecule has 0 saturated heterocycles. The summed E-state index contributed by atoms with van der Waals surface area (Å²) < 4.78 is 4.15. The molecule has 0 aromatic rings. The van der Waals surface area contributed by atoms with Gasteiger partial charge in [0.15, 0.2) is 0 Å². The van der Waals surface area contributed by atoms with E-state index in [4.69, 9.17) is 5.11 Å². The molecular formula is C7H18N2O4. The van der Waals surface area contributed by atoms with Crippen LogP contribution >= 0.6 is 0 Å². The van der Waals surface area contributed by atoms with Crippen molar-refractivity contribution in [3.63, 3.8) is 0 Å². The second-order valence-corrected chi connectivity index (χ2v) is 1.55. The molecule has 6 nitrogen and oxygen atoms in total. The van der Waals surface area contributed by atoms with E-state index < -0.39 is 6.09 Å². The molecule has 0 bridgehead atoms. The smallest absolute Gasteiger partial charge is 0.406 e. The van der Waals surface area contributed by atoms with Crippen LogP contribution in [0.25, 0.3) is 0 Å². The van der Waals surface area contributed by atoms with E-state index >= 15 is 0 Å². The third kappa shape index (κ3) is 36.7. The number of amides is 2. The molecule has 0 atom stereocenters. The van der Waals surface area contributed by atoms with E-state index in [0.717, 1.165) is 7.11 Å². The average Bonchev–Trinajstić information content (AvgIpc) is 2.20. The summed E-state index contributed by atoms with van der Waals surface area (Å²) in [6.07, 6.45) is -0.407. The molecule has 0 heterocycles. The van der Waals surface area contributed by atoms with E-state index in [-0.39, 0.29) is 5.91 Å². The summed E-state index contributed by atoms with van der Waals surface area (Å²) in [5.41, 5.74) is 0. The van der Waals surface area contributed by atoms with Crippen LogP contribution in [0, 0.1) is 0 Å². The summed E-state index contributed by atoms with van der Waals surface area (Å²) in [5, 5.41) is 11.6. The number of nitrogens with one attached hydrogen (secondary N) is 2. The molecule has 0 spiro atoms. The Labute approximate surface area is 78.3 Å². The summed E-state index contributed by atoms with van der Waals surface area (Å²) >= 11 is 0. The third-order valence-corrected chi connectivity index (χ3v) is 0.742. The number of ether oxygens (including phenoxy) is 1. The van der Waals surface area contributed by atoms with E-state index in [2.05, 4.69) is 15.4 Å². The van der Waals surface area contributed by atoms with Crippen LogP contribution in [0.1, 0.15) is 6.92 Å². The molecule has 0 radical (unpaired) electrons. The largest absolute Gasteiger partial charge is 0.453 e. The standard InChI is InChI=1S/C3H7NO2.C3H7NO.CH4O/c1-4-3(5)6-2;1-3(5)4-2;1-2/h1-2H3,(H,4,5);1-2H3,(H,4,5);2H,1H3. The SMILES string of the molecule is CNC(=O)OC.CNC(C)=O.CO. The van der Waals surface area contributed by atoms with Crippen LogP contribution in [0.2, 0.25) is 0 Å². The molecule has 0 aliphatic heterocycles. The molecule has 0 saturated carbocycles. The van der Waals surface area contributed by atoms with Gasteiger partial charge in [-0.3, -0.25) is 4.79 Å². The molecule has 3 N–H and O–H groups in total. The zero-order valence-corrected chi connectivity index (χ0v) is 8.67. The summed E-state index contributed by atoms with van der Waals surface area (Å²) in [7, 11) is 5.42. The van der Waals surface area contributed by atoms with Gasteiger partial charge in [0.05, 0.1) is 7.11 Å². The van der Waals surface area contributed by atoms with Crippen molar-refractivity contribution < 1.29 is 19.4 Å². The molecule has 0 aromatic carbocycles. The van der Waals surface area contributed by atoms with Gasteiger partial charge in [-0.05, 0) is 0 Å². The minimum Gasteiger partial charge on any atom is -0.453 e. The molecule has 80 valence electrons. The lowest BCUT2D eigenvalue weighted by atomic mass is 10.7. The molecule has 0 aromatic heterocycles. The van der Waals surface area contributed by atoms with Crippen LogP contribution in [0.15, 0.2) is 0 Å². The number of rotatable bonds is 0. The maximum absolute atomic E-state index is 9.85. The molecule has 0 aliphatic carbocycles. The quantitative estimate of drug-likeness (QED) is 0.477. The van der Waals surface area contributed by atoms with Crippen molar-refractivity contribution in [3.05, 3.63) is 0 Å². The number of alkyl carbamates (subject to hydrolysis) is 1. The zero-order valence-electron chi connectivity index (χ0n) is 8.67. The fourth-order valence-corrected chi connectivity index (χ4v) is 0.102. The predicted octanol–water partition coefficient (Wildman–Crippen LogP) is -0.667. The van der Waals surface area contributed by atoms with Gasteiger partial charge in [0, 0.05) is 28.1 Å². The highest BCUT2D eigenvalue weighted by Crippen LogP contribution is 1.62. The van der Waals surface area contributed by atoms with E-state index in [1.165, 1.54) is 21.1 Å². The molecule has 6 heteroatoms. The summed E-state index contributed by atoms with van der Waals surface area (Å²) in [4.78, 5) is 19.5. The third-order valence-electron chi connectivity index (χ3n) is 0.742. The van der Waals surface area contributed by atoms with E-state index in [9.17, 15) is 9.59 Å². The minimum absolute atomic E-state index is 0.00463. The van der Waals surface area contributed by atoms with Crippen molar-refractivity contribution >= 4 is 12.0 Å². The number of methoxy groups -OCH3 is 1. The van der Waals surface area contributed by atoms with Crippen LogP contribution in [0.4, 0.5) is 4.79 Å². The summed E-state index contributed by atoms with van der Waals surface area (Å²) in [6.45, 7) is 1.47. The maximum Gasteiger partial charge on any atom is 0.406 e. The predicted molar refractivity (Wildman–Crippen MR) is 49.3 cm³/mol. The zero-order chi connectivity index (χ0) is 11.3. The number of aliphatic hydroxyl groups excluding tert-OH is 1. The highest BCUT2D eigenvalue weighted by molar-refractivity contribution is 5.72. The Balaban J connectivity index is -0.000000131. The van der Waals surface area contributed by atoms with Crippen molar-refractivity contribution in [2.75, 3.05) is 28.3 Å². The van der Waals surface area contributed by atoms with Gasteiger partial charge >= 0.3 is 6.09 Å². The number of aliphatic hydroxyl groups is 1. The fourth-order valence-electron chi connectivity index (χ4n) is 0.102. The molecule has 2 amide bonds. The molecule has 0 fully saturated rings. The van der Waals surface area contributed by atoms with Crippen molar-refractivity contribution in [1.82, 2.24) is 10.6 Å². The Morgan fingerprint density at radius 3 is 1.46 bits per heavy atom. The van der Waals surface area contributed by atoms with Crippen LogP contribution in [-0.4, -0.2) is 45.4 Å². The number of hydrogen-bond donors (Lipinski definition) is 3.